The molecule has 0 aliphatic heterocycles. The molecule has 0 saturated heterocycles. The standard InChI is InChI=1S/C11H14N2/c1-8-4-5-9-10(13-7-12-9)11(2,3)6-8/h4-7H,1-3H3,(H,12,13). The number of nitrogens with one attached hydrogen (secondary N) is 1. The average molecular weight is 174 g/mol. The molecule has 0 aromatic carbocycles. The molecule has 0 fully saturated rings. The molecule has 68 valence electrons. The third-order valence-corrected chi connectivity index (χ3v) is 2.41. The molecule has 0 unspecified atom stereocenters. The largest absolute Gasteiger partial charge is 0.347 e. The van der Waals surface area contributed by atoms with Crippen LogP contribution in [0.2, 0.25) is 0 Å². The Hall–Kier alpha value is -1.31. The molecule has 1 aromatic heterocycles. The van der Waals surface area contributed by atoms with Crippen LogP contribution in [0.25, 0.3) is 6.08 Å². The SMILES string of the molecule is CC1=CC(C)(C)c2[nH]cnc2C=C1. The number of fused-ring (bicyclic) bond motifs is 1. The topological polar surface area (TPSA) is 28.7 Å². The van der Waals surface area contributed by atoms with Crippen LogP contribution in [0.5, 0.6) is 0 Å². The summed E-state index contributed by atoms with van der Waals surface area (Å²) in [6, 6.07) is 0. The lowest BCUT2D eigenvalue weighted by Crippen LogP contribution is -2.15. The highest BCUT2D eigenvalue weighted by molar-refractivity contribution is 5.56. The molecule has 1 aliphatic rings. The van der Waals surface area contributed by atoms with Crippen LogP contribution in [0.4, 0.5) is 0 Å². The van der Waals surface area contributed by atoms with Crippen molar-refractivity contribution in [2.75, 3.05) is 0 Å². The van der Waals surface area contributed by atoms with Gasteiger partial charge in [-0.2, -0.15) is 0 Å². The van der Waals surface area contributed by atoms with Crippen LogP contribution in [0.1, 0.15) is 32.2 Å². The molecular weight excluding hydrogens is 160 g/mol. The molecule has 0 radical (unpaired) electrons. The van der Waals surface area contributed by atoms with E-state index in [1.54, 1.807) is 6.33 Å². The van der Waals surface area contributed by atoms with Gasteiger partial charge >= 0.3 is 0 Å². The molecule has 0 spiro atoms. The maximum Gasteiger partial charge on any atom is 0.0929 e. The lowest BCUT2D eigenvalue weighted by molar-refractivity contribution is 0.644. The highest BCUT2D eigenvalue weighted by atomic mass is 14.9. The van der Waals surface area contributed by atoms with E-state index in [9.17, 15) is 0 Å². The summed E-state index contributed by atoms with van der Waals surface area (Å²) in [6.07, 6.45) is 8.18. The first-order valence-electron chi connectivity index (χ1n) is 4.51. The Kier molecular flexibility index (Phi) is 1.65. The van der Waals surface area contributed by atoms with Crippen molar-refractivity contribution in [1.29, 1.82) is 0 Å². The molecule has 2 rings (SSSR count). The van der Waals surface area contributed by atoms with Gasteiger partial charge in [0, 0.05) is 5.41 Å². The van der Waals surface area contributed by atoms with Crippen molar-refractivity contribution in [1.82, 2.24) is 9.97 Å². The van der Waals surface area contributed by atoms with Crippen molar-refractivity contribution in [2.24, 2.45) is 0 Å². The number of imidazole rings is 1. The zero-order valence-corrected chi connectivity index (χ0v) is 8.26. The van der Waals surface area contributed by atoms with Crippen LogP contribution in [-0.4, -0.2) is 9.97 Å². The van der Waals surface area contributed by atoms with Crippen molar-refractivity contribution in [3.8, 4) is 0 Å². The lowest BCUT2D eigenvalue weighted by atomic mass is 9.87. The second-order valence-electron chi connectivity index (χ2n) is 4.11. The Labute approximate surface area is 78.4 Å². The minimum Gasteiger partial charge on any atom is -0.347 e. The zero-order valence-electron chi connectivity index (χ0n) is 8.26. The predicted molar refractivity (Wildman–Crippen MR) is 54.4 cm³/mol. The molecule has 13 heavy (non-hydrogen) atoms. The second kappa shape index (κ2) is 2.59. The predicted octanol–water partition coefficient (Wildman–Crippen LogP) is 2.66. The van der Waals surface area contributed by atoms with E-state index in [2.05, 4.69) is 49.0 Å². The summed E-state index contributed by atoms with van der Waals surface area (Å²) in [5.41, 5.74) is 3.59. The minimum absolute atomic E-state index is 0.0550. The zero-order chi connectivity index (χ0) is 9.47. The Morgan fingerprint density at radius 3 is 2.85 bits per heavy atom. The third kappa shape index (κ3) is 1.32. The number of rotatable bonds is 0. The van der Waals surface area contributed by atoms with Gasteiger partial charge in [-0.1, -0.05) is 31.6 Å². The van der Waals surface area contributed by atoms with Crippen LogP contribution in [0.15, 0.2) is 24.1 Å². The van der Waals surface area contributed by atoms with E-state index >= 15 is 0 Å². The first-order valence-corrected chi connectivity index (χ1v) is 4.51. The summed E-state index contributed by atoms with van der Waals surface area (Å²) in [6.45, 7) is 6.51. The van der Waals surface area contributed by atoms with Gasteiger partial charge in [0.05, 0.1) is 17.7 Å². The minimum atomic E-state index is 0.0550. The van der Waals surface area contributed by atoms with Crippen LogP contribution in [0.3, 0.4) is 0 Å². The second-order valence-corrected chi connectivity index (χ2v) is 4.11. The Morgan fingerprint density at radius 1 is 1.31 bits per heavy atom. The fraction of sp³-hybridized carbons (Fsp3) is 0.364. The summed E-state index contributed by atoms with van der Waals surface area (Å²) < 4.78 is 0. The van der Waals surface area contributed by atoms with Gasteiger partial charge in [0.15, 0.2) is 0 Å². The summed E-state index contributed by atoms with van der Waals surface area (Å²) in [4.78, 5) is 7.47. The molecule has 1 N–H and O–H groups in total. The molecule has 2 heteroatoms. The van der Waals surface area contributed by atoms with Gasteiger partial charge in [0.2, 0.25) is 0 Å². The first kappa shape index (κ1) is 8.30. The van der Waals surface area contributed by atoms with E-state index < -0.39 is 0 Å². The van der Waals surface area contributed by atoms with E-state index in [0.29, 0.717) is 0 Å². The lowest BCUT2D eigenvalue weighted by Gasteiger charge is -2.18. The highest BCUT2D eigenvalue weighted by Gasteiger charge is 2.23. The summed E-state index contributed by atoms with van der Waals surface area (Å²) in [5.74, 6) is 0. The van der Waals surface area contributed by atoms with E-state index in [0.717, 1.165) is 5.69 Å². The number of allylic oxidation sites excluding steroid dienone is 3. The number of hydrogen-bond acceptors (Lipinski definition) is 1. The molecular formula is C11H14N2. The molecule has 0 amide bonds. The van der Waals surface area contributed by atoms with Gasteiger partial charge < -0.3 is 4.98 Å². The molecule has 1 aromatic rings. The number of hydrogen-bond donors (Lipinski definition) is 1. The van der Waals surface area contributed by atoms with Crippen LogP contribution >= 0.6 is 0 Å². The van der Waals surface area contributed by atoms with E-state index in [-0.39, 0.29) is 5.41 Å². The van der Waals surface area contributed by atoms with Crippen molar-refractivity contribution >= 4 is 6.08 Å². The first-order chi connectivity index (χ1) is 6.09. The van der Waals surface area contributed by atoms with Gasteiger partial charge in [0.25, 0.3) is 0 Å². The number of H-pyrrole nitrogens is 1. The van der Waals surface area contributed by atoms with Gasteiger partial charge in [0.1, 0.15) is 0 Å². The van der Waals surface area contributed by atoms with Crippen molar-refractivity contribution in [3.05, 3.63) is 35.4 Å². The molecule has 1 heterocycles. The Bertz CT molecular complexity index is 381. The van der Waals surface area contributed by atoms with Gasteiger partial charge in [-0.3, -0.25) is 0 Å². The van der Waals surface area contributed by atoms with E-state index in [1.165, 1.54) is 11.3 Å². The van der Waals surface area contributed by atoms with Crippen LogP contribution in [0, 0.1) is 0 Å². The fourth-order valence-corrected chi connectivity index (χ4v) is 1.85. The van der Waals surface area contributed by atoms with Crippen molar-refractivity contribution in [3.63, 3.8) is 0 Å². The van der Waals surface area contributed by atoms with E-state index in [1.807, 2.05) is 0 Å². The Balaban J connectivity index is 2.62. The maximum absolute atomic E-state index is 4.27. The smallest absolute Gasteiger partial charge is 0.0929 e. The monoisotopic (exact) mass is 174 g/mol. The van der Waals surface area contributed by atoms with Crippen molar-refractivity contribution < 1.29 is 0 Å². The molecule has 1 aliphatic carbocycles. The molecule has 0 bridgehead atoms. The molecule has 0 saturated carbocycles. The summed E-state index contributed by atoms with van der Waals surface area (Å²) in [7, 11) is 0. The molecule has 0 atom stereocenters. The number of nitrogens with zero attached hydrogens (tertiary/aromatic N) is 1. The molecule has 2 nitrogen and oxygen atoms in total. The van der Waals surface area contributed by atoms with Gasteiger partial charge in [-0.25, -0.2) is 4.98 Å². The van der Waals surface area contributed by atoms with Gasteiger partial charge in [-0.15, -0.1) is 0 Å². The fourth-order valence-electron chi connectivity index (χ4n) is 1.85. The van der Waals surface area contributed by atoms with Gasteiger partial charge in [-0.05, 0) is 13.0 Å². The van der Waals surface area contributed by atoms with E-state index in [4.69, 9.17) is 0 Å². The van der Waals surface area contributed by atoms with Crippen LogP contribution < -0.4 is 0 Å². The number of aromatic amines is 1. The number of aromatic nitrogens is 2. The maximum atomic E-state index is 4.27. The third-order valence-electron chi connectivity index (χ3n) is 2.41. The Morgan fingerprint density at radius 2 is 2.08 bits per heavy atom. The quantitative estimate of drug-likeness (QED) is 0.643. The highest BCUT2D eigenvalue weighted by Crippen LogP contribution is 2.30. The summed E-state index contributed by atoms with van der Waals surface area (Å²) in [5, 5.41) is 0. The van der Waals surface area contributed by atoms with Crippen molar-refractivity contribution in [2.45, 2.75) is 26.2 Å². The summed E-state index contributed by atoms with van der Waals surface area (Å²) >= 11 is 0. The normalized spacial score (nSPS) is 19.2. The average Bonchev–Trinajstić information content (AvgIpc) is 2.44. The van der Waals surface area contributed by atoms with Crippen LogP contribution in [-0.2, 0) is 5.41 Å².